The summed E-state index contributed by atoms with van der Waals surface area (Å²) in [5.41, 5.74) is 8.22. The van der Waals surface area contributed by atoms with Crippen LogP contribution in [0.4, 0.5) is 0 Å². The van der Waals surface area contributed by atoms with E-state index in [4.69, 9.17) is 11.1 Å². The van der Waals surface area contributed by atoms with Crippen LogP contribution in [0.2, 0.25) is 0 Å². The molecule has 3 nitrogen and oxygen atoms in total. The molecular formula is C15H25N3. The van der Waals surface area contributed by atoms with E-state index in [-0.39, 0.29) is 11.3 Å². The predicted molar refractivity (Wildman–Crippen MR) is 78.0 cm³/mol. The molecule has 0 aliphatic rings. The summed E-state index contributed by atoms with van der Waals surface area (Å²) in [5, 5.41) is 7.22. The van der Waals surface area contributed by atoms with E-state index < -0.39 is 0 Å². The van der Waals surface area contributed by atoms with Gasteiger partial charge in [-0.3, -0.25) is 5.41 Å². The van der Waals surface area contributed by atoms with Crippen LogP contribution in [0, 0.1) is 5.41 Å². The van der Waals surface area contributed by atoms with E-state index in [9.17, 15) is 0 Å². The smallest absolute Gasteiger partial charge is 0.0918 e. The lowest BCUT2D eigenvalue weighted by molar-refractivity contribution is 0.336. The van der Waals surface area contributed by atoms with Gasteiger partial charge in [-0.25, -0.2) is 0 Å². The second kappa shape index (κ2) is 6.01. The topological polar surface area (TPSA) is 53.1 Å². The summed E-state index contributed by atoms with van der Waals surface area (Å²) >= 11 is 0. The van der Waals surface area contributed by atoms with Gasteiger partial charge in [-0.2, -0.15) is 0 Å². The van der Waals surface area contributed by atoms with Gasteiger partial charge in [0.2, 0.25) is 0 Å². The third-order valence-electron chi connectivity index (χ3n) is 3.04. The molecule has 0 saturated heterocycles. The van der Waals surface area contributed by atoms with Crippen LogP contribution >= 0.6 is 0 Å². The van der Waals surface area contributed by atoms with E-state index in [2.05, 4.69) is 57.0 Å². The highest BCUT2D eigenvalue weighted by Crippen LogP contribution is 2.22. The molecule has 1 rings (SSSR count). The molecule has 0 amide bonds. The van der Waals surface area contributed by atoms with E-state index in [1.807, 2.05) is 0 Å². The molecule has 100 valence electrons. The molecule has 0 fully saturated rings. The summed E-state index contributed by atoms with van der Waals surface area (Å²) in [5.74, 6) is 0.255. The van der Waals surface area contributed by atoms with Crippen molar-refractivity contribution in [1.29, 1.82) is 5.41 Å². The first-order valence-corrected chi connectivity index (χ1v) is 6.40. The Bertz CT molecular complexity index is 387. The number of nitrogens with two attached hydrogens (primary N) is 1. The highest BCUT2D eigenvalue weighted by molar-refractivity contribution is 5.76. The van der Waals surface area contributed by atoms with Crippen molar-refractivity contribution in [2.24, 2.45) is 5.73 Å². The Morgan fingerprint density at radius 2 is 1.78 bits per heavy atom. The van der Waals surface area contributed by atoms with Crippen molar-refractivity contribution in [2.45, 2.75) is 39.2 Å². The molecule has 0 heterocycles. The summed E-state index contributed by atoms with van der Waals surface area (Å²) in [4.78, 5) is 2.19. The Labute approximate surface area is 111 Å². The fourth-order valence-corrected chi connectivity index (χ4v) is 1.81. The van der Waals surface area contributed by atoms with Gasteiger partial charge in [0.15, 0.2) is 0 Å². The van der Waals surface area contributed by atoms with Crippen molar-refractivity contribution in [2.75, 3.05) is 13.6 Å². The van der Waals surface area contributed by atoms with E-state index in [0.717, 1.165) is 13.1 Å². The molecule has 0 bridgehead atoms. The lowest BCUT2D eigenvalue weighted by Crippen LogP contribution is -2.23. The van der Waals surface area contributed by atoms with Gasteiger partial charge < -0.3 is 10.6 Å². The Morgan fingerprint density at radius 1 is 1.22 bits per heavy atom. The predicted octanol–water partition coefficient (Wildman–Crippen LogP) is 2.74. The largest absolute Gasteiger partial charge is 0.388 e. The van der Waals surface area contributed by atoms with Crippen molar-refractivity contribution >= 4 is 5.84 Å². The molecule has 18 heavy (non-hydrogen) atoms. The maximum absolute atomic E-state index is 7.22. The second-order valence-corrected chi connectivity index (χ2v) is 5.96. The molecule has 0 saturated carbocycles. The van der Waals surface area contributed by atoms with E-state index in [1.54, 1.807) is 0 Å². The van der Waals surface area contributed by atoms with Gasteiger partial charge in [0.05, 0.1) is 5.84 Å². The van der Waals surface area contributed by atoms with E-state index in [0.29, 0.717) is 6.42 Å². The monoisotopic (exact) mass is 247 g/mol. The molecule has 3 N–H and O–H groups in total. The molecule has 0 unspecified atom stereocenters. The summed E-state index contributed by atoms with van der Waals surface area (Å²) in [6.45, 7) is 8.40. The van der Waals surface area contributed by atoms with Crippen LogP contribution in [-0.4, -0.2) is 24.3 Å². The zero-order valence-electron chi connectivity index (χ0n) is 12.0. The zero-order chi connectivity index (χ0) is 13.8. The Kier molecular flexibility index (Phi) is 4.91. The van der Waals surface area contributed by atoms with Crippen molar-refractivity contribution in [3.63, 3.8) is 0 Å². The highest BCUT2D eigenvalue weighted by Gasteiger charge is 2.12. The fourth-order valence-electron chi connectivity index (χ4n) is 1.81. The third-order valence-corrected chi connectivity index (χ3v) is 3.04. The number of hydrogen-bond donors (Lipinski definition) is 2. The lowest BCUT2D eigenvalue weighted by atomic mass is 9.87. The molecule has 0 atom stereocenters. The normalized spacial score (nSPS) is 11.8. The minimum atomic E-state index is 0.207. The molecule has 0 spiro atoms. The lowest BCUT2D eigenvalue weighted by Gasteiger charge is -2.20. The maximum Gasteiger partial charge on any atom is 0.0918 e. The van der Waals surface area contributed by atoms with Crippen LogP contribution in [0.3, 0.4) is 0 Å². The van der Waals surface area contributed by atoms with E-state index in [1.165, 1.54) is 11.1 Å². The number of hydrogen-bond acceptors (Lipinski definition) is 2. The number of benzene rings is 1. The summed E-state index contributed by atoms with van der Waals surface area (Å²) in [6.07, 6.45) is 0.635. The Balaban J connectivity index is 2.56. The number of nitrogens with one attached hydrogen (secondary N) is 1. The maximum atomic E-state index is 7.22. The quantitative estimate of drug-likeness (QED) is 0.621. The van der Waals surface area contributed by atoms with Gasteiger partial charge in [-0.1, -0.05) is 45.0 Å². The standard InChI is InChI=1S/C15H25N3/c1-15(2,3)13-7-5-12(6-8-13)11-18(4)10-9-14(16)17/h5-8H,9-11H2,1-4H3,(H3,16,17). The van der Waals surface area contributed by atoms with Crippen molar-refractivity contribution in [3.8, 4) is 0 Å². The summed E-state index contributed by atoms with van der Waals surface area (Å²) in [7, 11) is 2.06. The molecule has 0 aliphatic carbocycles. The minimum Gasteiger partial charge on any atom is -0.388 e. The minimum absolute atomic E-state index is 0.207. The molecule has 1 aromatic carbocycles. The Hall–Kier alpha value is -1.35. The zero-order valence-corrected chi connectivity index (χ0v) is 12.0. The molecule has 1 aromatic rings. The molecular weight excluding hydrogens is 222 g/mol. The second-order valence-electron chi connectivity index (χ2n) is 5.96. The van der Waals surface area contributed by atoms with Crippen molar-refractivity contribution in [1.82, 2.24) is 4.90 Å². The SMILES string of the molecule is CN(CCC(=N)N)Cc1ccc(C(C)(C)C)cc1. The third kappa shape index (κ3) is 4.88. The molecule has 0 aliphatic heterocycles. The van der Waals surface area contributed by atoms with Crippen molar-refractivity contribution in [3.05, 3.63) is 35.4 Å². The van der Waals surface area contributed by atoms with Gasteiger partial charge >= 0.3 is 0 Å². The van der Waals surface area contributed by atoms with Gasteiger partial charge in [-0.15, -0.1) is 0 Å². The molecule has 0 radical (unpaired) electrons. The van der Waals surface area contributed by atoms with Crippen LogP contribution in [0.1, 0.15) is 38.3 Å². The van der Waals surface area contributed by atoms with Crippen LogP contribution in [0.5, 0.6) is 0 Å². The van der Waals surface area contributed by atoms with Crippen LogP contribution in [-0.2, 0) is 12.0 Å². The van der Waals surface area contributed by atoms with Crippen molar-refractivity contribution < 1.29 is 0 Å². The number of nitrogens with zero attached hydrogens (tertiary/aromatic N) is 1. The summed E-state index contributed by atoms with van der Waals surface area (Å²) in [6, 6.07) is 8.78. The molecule has 3 heteroatoms. The first kappa shape index (κ1) is 14.7. The van der Waals surface area contributed by atoms with Gasteiger partial charge in [-0.05, 0) is 23.6 Å². The first-order chi connectivity index (χ1) is 8.29. The van der Waals surface area contributed by atoms with Gasteiger partial charge in [0.1, 0.15) is 0 Å². The Morgan fingerprint density at radius 3 is 2.22 bits per heavy atom. The summed E-state index contributed by atoms with van der Waals surface area (Å²) < 4.78 is 0. The van der Waals surface area contributed by atoms with Crippen LogP contribution in [0.15, 0.2) is 24.3 Å². The fraction of sp³-hybridized carbons (Fsp3) is 0.533. The average Bonchev–Trinajstić information content (AvgIpc) is 2.26. The van der Waals surface area contributed by atoms with Crippen LogP contribution < -0.4 is 5.73 Å². The average molecular weight is 247 g/mol. The van der Waals surface area contributed by atoms with Crippen LogP contribution in [0.25, 0.3) is 0 Å². The number of rotatable bonds is 5. The van der Waals surface area contributed by atoms with Gasteiger partial charge in [0.25, 0.3) is 0 Å². The van der Waals surface area contributed by atoms with Gasteiger partial charge in [0, 0.05) is 19.5 Å². The molecule has 0 aromatic heterocycles. The highest BCUT2D eigenvalue weighted by atomic mass is 15.1. The first-order valence-electron chi connectivity index (χ1n) is 6.40. The van der Waals surface area contributed by atoms with E-state index >= 15 is 0 Å². The number of amidine groups is 1.